The Labute approximate surface area is 116 Å². The number of fused-ring (bicyclic) bond motifs is 1. The third-order valence-electron chi connectivity index (χ3n) is 3.39. The van der Waals surface area contributed by atoms with Crippen molar-refractivity contribution in [3.8, 4) is 0 Å². The van der Waals surface area contributed by atoms with E-state index < -0.39 is 5.97 Å². The highest BCUT2D eigenvalue weighted by Crippen LogP contribution is 2.17. The lowest BCUT2D eigenvalue weighted by atomic mass is 10.1. The van der Waals surface area contributed by atoms with Crippen molar-refractivity contribution in [2.24, 2.45) is 0 Å². The summed E-state index contributed by atoms with van der Waals surface area (Å²) in [7, 11) is 0. The van der Waals surface area contributed by atoms with Crippen molar-refractivity contribution in [2.45, 2.75) is 13.0 Å². The van der Waals surface area contributed by atoms with Gasteiger partial charge in [0, 0.05) is 24.3 Å². The van der Waals surface area contributed by atoms with Crippen molar-refractivity contribution in [3.05, 3.63) is 66.1 Å². The van der Waals surface area contributed by atoms with Crippen LogP contribution in [-0.2, 0) is 13.0 Å². The number of carboxylic acids is 1. The lowest BCUT2D eigenvalue weighted by Gasteiger charge is -2.08. The van der Waals surface area contributed by atoms with Crippen LogP contribution in [0.25, 0.3) is 10.9 Å². The van der Waals surface area contributed by atoms with E-state index in [4.69, 9.17) is 5.11 Å². The van der Waals surface area contributed by atoms with Crippen molar-refractivity contribution in [2.75, 3.05) is 0 Å². The lowest BCUT2D eigenvalue weighted by Crippen LogP contribution is -2.09. The monoisotopic (exact) mass is 266 g/mol. The summed E-state index contributed by atoms with van der Waals surface area (Å²) in [6.45, 7) is 0.629. The molecule has 0 amide bonds. The van der Waals surface area contributed by atoms with E-state index >= 15 is 0 Å². The minimum absolute atomic E-state index is 0.318. The predicted octanol–water partition coefficient (Wildman–Crippen LogP) is 2.98. The summed E-state index contributed by atoms with van der Waals surface area (Å²) in [4.78, 5) is 15.5. The van der Waals surface area contributed by atoms with Crippen molar-refractivity contribution >= 4 is 16.9 Å². The molecule has 1 N–H and O–H groups in total. The summed E-state index contributed by atoms with van der Waals surface area (Å²) >= 11 is 0. The Morgan fingerprint density at radius 3 is 2.85 bits per heavy atom. The second-order valence-corrected chi connectivity index (χ2v) is 4.63. The molecule has 0 aliphatic carbocycles. The van der Waals surface area contributed by atoms with E-state index in [1.54, 1.807) is 29.1 Å². The number of pyridine rings is 1. The Morgan fingerprint density at radius 2 is 2.00 bits per heavy atom. The van der Waals surface area contributed by atoms with Gasteiger partial charge in [-0.25, -0.2) is 4.79 Å². The summed E-state index contributed by atoms with van der Waals surface area (Å²) in [6, 6.07) is 13.4. The van der Waals surface area contributed by atoms with Gasteiger partial charge in [-0.15, -0.1) is 0 Å². The lowest BCUT2D eigenvalue weighted by molar-refractivity contribution is 0.0685. The molecule has 4 heteroatoms. The van der Waals surface area contributed by atoms with Crippen LogP contribution in [0.5, 0.6) is 0 Å². The molecule has 3 aromatic rings. The summed E-state index contributed by atoms with van der Waals surface area (Å²) < 4.78 is 1.75. The maximum atomic E-state index is 11.1. The van der Waals surface area contributed by atoms with E-state index in [1.807, 2.05) is 30.3 Å². The van der Waals surface area contributed by atoms with E-state index in [-0.39, 0.29) is 0 Å². The number of benzene rings is 1. The molecule has 0 unspecified atom stereocenters. The second-order valence-electron chi connectivity index (χ2n) is 4.63. The highest BCUT2D eigenvalue weighted by atomic mass is 16.4. The molecule has 3 rings (SSSR count). The van der Waals surface area contributed by atoms with E-state index in [2.05, 4.69) is 4.98 Å². The van der Waals surface area contributed by atoms with Crippen LogP contribution in [0.2, 0.25) is 0 Å². The highest BCUT2D eigenvalue weighted by molar-refractivity contribution is 5.85. The van der Waals surface area contributed by atoms with Crippen LogP contribution < -0.4 is 0 Å². The molecule has 100 valence electrons. The number of aromatic carboxylic acids is 1. The maximum absolute atomic E-state index is 11.1. The molecule has 0 fully saturated rings. The van der Waals surface area contributed by atoms with Gasteiger partial charge in [0.1, 0.15) is 5.69 Å². The predicted molar refractivity (Wildman–Crippen MR) is 76.8 cm³/mol. The van der Waals surface area contributed by atoms with Crippen molar-refractivity contribution in [3.63, 3.8) is 0 Å². The van der Waals surface area contributed by atoms with E-state index in [0.717, 1.165) is 22.9 Å². The zero-order chi connectivity index (χ0) is 13.9. The fourth-order valence-electron chi connectivity index (χ4n) is 2.41. The zero-order valence-corrected chi connectivity index (χ0v) is 10.9. The van der Waals surface area contributed by atoms with Gasteiger partial charge in [0.15, 0.2) is 0 Å². The van der Waals surface area contributed by atoms with Crippen LogP contribution in [0.1, 0.15) is 16.1 Å². The molecular formula is C16H14N2O2. The molecular weight excluding hydrogens is 252 g/mol. The highest BCUT2D eigenvalue weighted by Gasteiger charge is 2.09. The third kappa shape index (κ3) is 2.28. The molecule has 0 aliphatic rings. The average Bonchev–Trinajstić information content (AvgIpc) is 2.93. The third-order valence-corrected chi connectivity index (χ3v) is 3.39. The standard InChI is InChI=1S/C16H14N2O2/c19-16(20)14-7-3-10-18(14)11-8-13-5-1-4-12-6-2-9-17-15(12)13/h1-7,9-10H,8,11H2,(H,19,20). The summed E-state index contributed by atoms with van der Waals surface area (Å²) in [5.41, 5.74) is 2.44. The van der Waals surface area contributed by atoms with Crippen LogP contribution in [0, 0.1) is 0 Å². The Hall–Kier alpha value is -2.62. The zero-order valence-electron chi connectivity index (χ0n) is 10.9. The smallest absolute Gasteiger partial charge is 0.352 e. The fourth-order valence-corrected chi connectivity index (χ4v) is 2.41. The van der Waals surface area contributed by atoms with Crippen LogP contribution in [-0.4, -0.2) is 20.6 Å². The number of para-hydroxylation sites is 1. The number of nitrogens with zero attached hydrogens (tertiary/aromatic N) is 2. The largest absolute Gasteiger partial charge is 0.477 e. The number of carboxylic acid groups (broad SMARTS) is 1. The van der Waals surface area contributed by atoms with Gasteiger partial charge in [0.25, 0.3) is 0 Å². The van der Waals surface area contributed by atoms with Gasteiger partial charge in [-0.3, -0.25) is 4.98 Å². The normalized spacial score (nSPS) is 10.8. The molecule has 0 saturated heterocycles. The number of aryl methyl sites for hydroxylation is 2. The molecule has 20 heavy (non-hydrogen) atoms. The summed E-state index contributed by atoms with van der Waals surface area (Å²) in [5.74, 6) is -0.897. The van der Waals surface area contributed by atoms with Gasteiger partial charge in [-0.1, -0.05) is 24.3 Å². The van der Waals surface area contributed by atoms with Crippen molar-refractivity contribution in [1.82, 2.24) is 9.55 Å². The molecule has 2 heterocycles. The first-order valence-electron chi connectivity index (χ1n) is 6.47. The Bertz CT molecular complexity index is 757. The van der Waals surface area contributed by atoms with Crippen LogP contribution >= 0.6 is 0 Å². The van der Waals surface area contributed by atoms with E-state index in [1.165, 1.54) is 0 Å². The van der Waals surface area contributed by atoms with Crippen LogP contribution in [0.4, 0.5) is 0 Å². The topological polar surface area (TPSA) is 55.1 Å². The molecule has 4 nitrogen and oxygen atoms in total. The van der Waals surface area contributed by atoms with Gasteiger partial charge < -0.3 is 9.67 Å². The molecule has 0 spiro atoms. The van der Waals surface area contributed by atoms with Gasteiger partial charge >= 0.3 is 5.97 Å². The molecule has 0 aliphatic heterocycles. The molecule has 0 radical (unpaired) electrons. The quantitative estimate of drug-likeness (QED) is 0.789. The summed E-state index contributed by atoms with van der Waals surface area (Å²) in [6.07, 6.45) is 4.33. The first-order valence-corrected chi connectivity index (χ1v) is 6.47. The van der Waals surface area contributed by atoms with Gasteiger partial charge in [0.05, 0.1) is 5.52 Å². The number of hydrogen-bond acceptors (Lipinski definition) is 2. The number of rotatable bonds is 4. The maximum Gasteiger partial charge on any atom is 0.352 e. The second kappa shape index (κ2) is 5.17. The van der Waals surface area contributed by atoms with Crippen molar-refractivity contribution in [1.29, 1.82) is 0 Å². The van der Waals surface area contributed by atoms with E-state index in [0.29, 0.717) is 12.2 Å². The number of hydrogen-bond donors (Lipinski definition) is 1. The minimum atomic E-state index is -0.897. The first kappa shape index (κ1) is 12.4. The Morgan fingerprint density at radius 1 is 1.15 bits per heavy atom. The van der Waals surface area contributed by atoms with Crippen LogP contribution in [0.15, 0.2) is 54.9 Å². The van der Waals surface area contributed by atoms with E-state index in [9.17, 15) is 4.79 Å². The Kier molecular flexibility index (Phi) is 3.21. The molecule has 0 bridgehead atoms. The van der Waals surface area contributed by atoms with Crippen molar-refractivity contribution < 1.29 is 9.90 Å². The first-order chi connectivity index (χ1) is 9.75. The minimum Gasteiger partial charge on any atom is -0.477 e. The van der Waals surface area contributed by atoms with Gasteiger partial charge in [-0.05, 0) is 30.2 Å². The SMILES string of the molecule is O=C(O)c1cccn1CCc1cccc2cccnc12. The molecule has 0 saturated carbocycles. The summed E-state index contributed by atoms with van der Waals surface area (Å²) in [5, 5.41) is 10.2. The van der Waals surface area contributed by atoms with Gasteiger partial charge in [0.2, 0.25) is 0 Å². The number of aromatic nitrogens is 2. The molecule has 1 aromatic carbocycles. The average molecular weight is 266 g/mol. The Balaban J connectivity index is 1.87. The molecule has 2 aromatic heterocycles. The van der Waals surface area contributed by atoms with Gasteiger partial charge in [-0.2, -0.15) is 0 Å². The van der Waals surface area contributed by atoms with Crippen LogP contribution in [0.3, 0.4) is 0 Å². The molecule has 0 atom stereocenters. The fraction of sp³-hybridized carbons (Fsp3) is 0.125. The number of carbonyl (C=O) groups is 1.